The van der Waals surface area contributed by atoms with E-state index in [9.17, 15) is 14.9 Å². The van der Waals surface area contributed by atoms with Crippen LogP contribution in [0, 0.1) is 17.0 Å². The second-order valence-electron chi connectivity index (χ2n) is 2.89. The van der Waals surface area contributed by atoms with E-state index in [1.807, 2.05) is 0 Å². The molecule has 1 heterocycles. The van der Waals surface area contributed by atoms with Crippen molar-refractivity contribution in [1.82, 2.24) is 0 Å². The van der Waals surface area contributed by atoms with Gasteiger partial charge in [-0.05, 0) is 13.0 Å². The lowest BCUT2D eigenvalue weighted by molar-refractivity contribution is -0.385. The van der Waals surface area contributed by atoms with Crippen molar-refractivity contribution in [2.24, 2.45) is 9.98 Å². The molecule has 1 aromatic carbocycles. The molecule has 70 valence electrons. The molecule has 1 aliphatic heterocycles. The van der Waals surface area contributed by atoms with Crippen LogP contribution in [-0.4, -0.2) is 11.0 Å². The van der Waals surface area contributed by atoms with Crippen molar-refractivity contribution in [1.29, 1.82) is 0 Å². The molecule has 6 nitrogen and oxygen atoms in total. The van der Waals surface area contributed by atoms with Gasteiger partial charge in [0.2, 0.25) is 0 Å². The normalized spacial score (nSPS) is 13.1. The molecule has 0 aromatic heterocycles. The fourth-order valence-corrected chi connectivity index (χ4v) is 1.28. The number of aryl methyl sites for hydroxylation is 1. The molecule has 2 rings (SSSR count). The maximum atomic E-state index is 10.8. The number of fused-ring (bicyclic) bond motifs is 1. The minimum atomic E-state index is -0.611. The number of nitro groups is 1. The average Bonchev–Trinajstić information content (AvgIpc) is 2.42. The Hall–Kier alpha value is -2.11. The van der Waals surface area contributed by atoms with Crippen molar-refractivity contribution in [3.63, 3.8) is 0 Å². The first-order valence-corrected chi connectivity index (χ1v) is 3.84. The summed E-state index contributed by atoms with van der Waals surface area (Å²) in [4.78, 5) is 27.9. The van der Waals surface area contributed by atoms with E-state index in [1.54, 1.807) is 6.92 Å². The number of rotatable bonds is 1. The molecule has 0 spiro atoms. The highest BCUT2D eigenvalue weighted by atomic mass is 16.6. The number of benzene rings is 1. The molecule has 0 fully saturated rings. The number of amides is 2. The van der Waals surface area contributed by atoms with E-state index in [0.717, 1.165) is 0 Å². The third kappa shape index (κ3) is 1.17. The third-order valence-electron chi connectivity index (χ3n) is 1.92. The van der Waals surface area contributed by atoms with Gasteiger partial charge >= 0.3 is 6.03 Å². The van der Waals surface area contributed by atoms with Gasteiger partial charge in [-0.3, -0.25) is 10.1 Å². The summed E-state index contributed by atoms with van der Waals surface area (Å²) >= 11 is 0. The third-order valence-corrected chi connectivity index (χ3v) is 1.92. The van der Waals surface area contributed by atoms with Gasteiger partial charge in [0.05, 0.1) is 10.3 Å². The van der Waals surface area contributed by atoms with Crippen LogP contribution in [0.4, 0.5) is 10.5 Å². The summed E-state index contributed by atoms with van der Waals surface area (Å²) in [6.45, 7) is 1.59. The number of nitro benzene ring substituents is 1. The number of carbonyl (C=O) groups excluding carboxylic acids is 1. The van der Waals surface area contributed by atoms with Crippen LogP contribution in [0.3, 0.4) is 0 Å². The fourth-order valence-electron chi connectivity index (χ4n) is 1.28. The van der Waals surface area contributed by atoms with Gasteiger partial charge in [-0.1, -0.05) is 0 Å². The molecule has 0 saturated heterocycles. The maximum Gasteiger partial charge on any atom is 0.368 e. The molecule has 0 radical (unpaired) electrons. The molecule has 0 N–H and O–H groups in total. The second-order valence-corrected chi connectivity index (χ2v) is 2.89. The highest BCUT2D eigenvalue weighted by Gasteiger charge is 2.14. The van der Waals surface area contributed by atoms with Gasteiger partial charge in [0.1, 0.15) is 5.36 Å². The zero-order valence-electron chi connectivity index (χ0n) is 7.22. The predicted molar refractivity (Wildman–Crippen MR) is 45.5 cm³/mol. The highest BCUT2D eigenvalue weighted by molar-refractivity contribution is 5.77. The Balaban J connectivity index is 2.81. The summed E-state index contributed by atoms with van der Waals surface area (Å²) in [6, 6.07) is 2.14. The number of hydrogen-bond acceptors (Lipinski definition) is 3. The van der Waals surface area contributed by atoms with Gasteiger partial charge in [0.15, 0.2) is 0 Å². The summed E-state index contributed by atoms with van der Waals surface area (Å²) in [5.74, 6) is 0. The first-order valence-electron chi connectivity index (χ1n) is 3.84. The van der Waals surface area contributed by atoms with Crippen LogP contribution in [-0.2, 0) is 0 Å². The maximum absolute atomic E-state index is 10.8. The Morgan fingerprint density at radius 1 is 1.29 bits per heavy atom. The van der Waals surface area contributed by atoms with Gasteiger partial charge in [0, 0.05) is 11.6 Å². The SMILES string of the molecule is Cc1cc2c(cc1[N+](=O)[O-])=NC(=O)N=2. The fraction of sp³-hybridized carbons (Fsp3) is 0.125. The van der Waals surface area contributed by atoms with Crippen molar-refractivity contribution in [3.05, 3.63) is 38.5 Å². The molecular formula is C8H5N3O3. The average molecular weight is 191 g/mol. The number of urea groups is 1. The van der Waals surface area contributed by atoms with Crippen LogP contribution in [0.2, 0.25) is 0 Å². The molecule has 14 heavy (non-hydrogen) atoms. The van der Waals surface area contributed by atoms with Crippen molar-refractivity contribution in [2.75, 3.05) is 0 Å². The Morgan fingerprint density at radius 3 is 2.43 bits per heavy atom. The van der Waals surface area contributed by atoms with Gasteiger partial charge in [-0.25, -0.2) is 4.79 Å². The second kappa shape index (κ2) is 2.69. The van der Waals surface area contributed by atoms with Crippen molar-refractivity contribution in [3.8, 4) is 0 Å². The van der Waals surface area contributed by atoms with E-state index in [2.05, 4.69) is 9.98 Å². The summed E-state index contributed by atoms with van der Waals surface area (Å²) < 4.78 is 0. The molecule has 1 aromatic rings. The van der Waals surface area contributed by atoms with Crippen LogP contribution in [0.1, 0.15) is 5.56 Å². The number of nitrogens with zero attached hydrogens (tertiary/aromatic N) is 3. The van der Waals surface area contributed by atoms with E-state index < -0.39 is 11.0 Å². The van der Waals surface area contributed by atoms with Crippen LogP contribution in [0.15, 0.2) is 22.1 Å². The van der Waals surface area contributed by atoms with Gasteiger partial charge < -0.3 is 0 Å². The number of carbonyl (C=O) groups is 1. The van der Waals surface area contributed by atoms with E-state index in [4.69, 9.17) is 0 Å². The smallest absolute Gasteiger partial charge is 0.258 e. The standard InChI is InChI=1S/C8H5N3O3/c1-4-2-5-6(10-8(12)9-5)3-7(4)11(13)14/h2-3H,1H3. The molecular weight excluding hydrogens is 186 g/mol. The molecule has 1 aliphatic rings. The molecule has 0 aliphatic carbocycles. The minimum Gasteiger partial charge on any atom is -0.258 e. The van der Waals surface area contributed by atoms with Crippen molar-refractivity contribution in [2.45, 2.75) is 6.92 Å². The van der Waals surface area contributed by atoms with Crippen LogP contribution in [0.25, 0.3) is 0 Å². The zero-order valence-corrected chi connectivity index (χ0v) is 7.22. The van der Waals surface area contributed by atoms with Crippen LogP contribution < -0.4 is 10.7 Å². The zero-order chi connectivity index (χ0) is 10.3. The first kappa shape index (κ1) is 8.49. The molecule has 0 atom stereocenters. The van der Waals surface area contributed by atoms with Crippen molar-refractivity contribution < 1.29 is 9.72 Å². The molecule has 6 heteroatoms. The highest BCUT2D eigenvalue weighted by Crippen LogP contribution is 2.12. The van der Waals surface area contributed by atoms with Gasteiger partial charge in [0.25, 0.3) is 5.69 Å². The Kier molecular flexibility index (Phi) is 1.63. The summed E-state index contributed by atoms with van der Waals surface area (Å²) in [6.07, 6.45) is 0. The topological polar surface area (TPSA) is 84.9 Å². The van der Waals surface area contributed by atoms with Crippen LogP contribution in [0.5, 0.6) is 0 Å². The number of hydrogen-bond donors (Lipinski definition) is 0. The molecule has 0 saturated carbocycles. The van der Waals surface area contributed by atoms with Gasteiger partial charge in [-0.2, -0.15) is 9.98 Å². The minimum absolute atomic E-state index is 0.0441. The van der Waals surface area contributed by atoms with E-state index in [0.29, 0.717) is 10.9 Å². The summed E-state index contributed by atoms with van der Waals surface area (Å²) in [5, 5.41) is 11.2. The van der Waals surface area contributed by atoms with E-state index in [-0.39, 0.29) is 11.0 Å². The summed E-state index contributed by atoms with van der Waals surface area (Å²) in [7, 11) is 0. The summed E-state index contributed by atoms with van der Waals surface area (Å²) in [5.41, 5.74) is 0.430. The van der Waals surface area contributed by atoms with E-state index in [1.165, 1.54) is 12.1 Å². The molecule has 2 amide bonds. The largest absolute Gasteiger partial charge is 0.368 e. The predicted octanol–water partition coefficient (Wildman–Crippen LogP) is 0.276. The Labute approximate surface area is 77.8 Å². The van der Waals surface area contributed by atoms with Crippen molar-refractivity contribution >= 4 is 11.7 Å². The lowest BCUT2D eigenvalue weighted by atomic mass is 10.2. The molecule has 0 unspecified atom stereocenters. The monoisotopic (exact) mass is 191 g/mol. The lowest BCUT2D eigenvalue weighted by Crippen LogP contribution is -2.22. The Morgan fingerprint density at radius 2 is 1.86 bits per heavy atom. The van der Waals surface area contributed by atoms with Gasteiger partial charge in [-0.15, -0.1) is 0 Å². The van der Waals surface area contributed by atoms with E-state index >= 15 is 0 Å². The Bertz CT molecular complexity index is 562. The molecule has 0 bridgehead atoms. The van der Waals surface area contributed by atoms with Crippen LogP contribution >= 0.6 is 0 Å². The first-order chi connectivity index (χ1) is 6.58. The lowest BCUT2D eigenvalue weighted by Gasteiger charge is -1.93. The quantitative estimate of drug-likeness (QED) is 0.471.